The molecule has 0 aliphatic rings. The van der Waals surface area contributed by atoms with Gasteiger partial charge in [-0.25, -0.2) is 0 Å². The fraction of sp³-hybridized carbons (Fsp3) is 0.538. The van der Waals surface area contributed by atoms with Crippen LogP contribution in [0.3, 0.4) is 0 Å². The summed E-state index contributed by atoms with van der Waals surface area (Å²) in [7, 11) is 1.70. The molecule has 0 amide bonds. The van der Waals surface area contributed by atoms with Gasteiger partial charge in [-0.1, -0.05) is 22.9 Å². The van der Waals surface area contributed by atoms with E-state index in [2.05, 4.69) is 34.2 Å². The molecular formula is C13H21BrN2O. The molecule has 0 spiro atoms. The van der Waals surface area contributed by atoms with Crippen LogP contribution in [-0.4, -0.2) is 20.2 Å². The molecule has 0 radical (unpaired) electrons. The van der Waals surface area contributed by atoms with Gasteiger partial charge in [-0.2, -0.15) is 0 Å². The molecule has 1 rings (SSSR count). The molecule has 4 heteroatoms. The van der Waals surface area contributed by atoms with Crippen molar-refractivity contribution in [2.24, 2.45) is 11.7 Å². The summed E-state index contributed by atoms with van der Waals surface area (Å²) < 4.78 is 6.40. The maximum atomic E-state index is 5.52. The van der Waals surface area contributed by atoms with Crippen LogP contribution in [0.2, 0.25) is 0 Å². The number of ether oxygens (including phenoxy) is 1. The second kappa shape index (κ2) is 7.69. The molecule has 1 unspecified atom stereocenters. The Hall–Kier alpha value is -0.580. The molecule has 0 aliphatic heterocycles. The minimum Gasteiger partial charge on any atom is -0.496 e. The highest BCUT2D eigenvalue weighted by atomic mass is 79.9. The molecule has 1 atom stereocenters. The summed E-state index contributed by atoms with van der Waals surface area (Å²) in [6.45, 7) is 4.76. The Bertz CT molecular complexity index is 344. The number of rotatable bonds is 7. The second-order valence-electron chi connectivity index (χ2n) is 4.27. The van der Waals surface area contributed by atoms with Crippen molar-refractivity contribution in [1.29, 1.82) is 0 Å². The van der Waals surface area contributed by atoms with Crippen molar-refractivity contribution in [2.45, 2.75) is 19.9 Å². The Morgan fingerprint density at radius 1 is 1.47 bits per heavy atom. The molecular weight excluding hydrogens is 280 g/mol. The van der Waals surface area contributed by atoms with Crippen molar-refractivity contribution in [3.8, 4) is 5.75 Å². The average molecular weight is 301 g/mol. The van der Waals surface area contributed by atoms with Crippen LogP contribution in [0.15, 0.2) is 22.7 Å². The van der Waals surface area contributed by atoms with E-state index < -0.39 is 0 Å². The SMILES string of the molecule is COc1ccc(Br)cc1CNCC(C)CCN. The van der Waals surface area contributed by atoms with E-state index in [1.165, 1.54) is 5.56 Å². The van der Waals surface area contributed by atoms with Crippen LogP contribution < -0.4 is 15.8 Å². The molecule has 0 aromatic heterocycles. The average Bonchev–Trinajstić information content (AvgIpc) is 2.30. The van der Waals surface area contributed by atoms with Gasteiger partial charge >= 0.3 is 0 Å². The molecule has 1 aromatic rings. The summed E-state index contributed by atoms with van der Waals surface area (Å²) in [6.07, 6.45) is 1.06. The molecule has 3 nitrogen and oxygen atoms in total. The molecule has 0 heterocycles. The summed E-state index contributed by atoms with van der Waals surface area (Å²) in [5.74, 6) is 1.53. The van der Waals surface area contributed by atoms with Gasteiger partial charge in [0.05, 0.1) is 7.11 Å². The molecule has 17 heavy (non-hydrogen) atoms. The number of hydrogen-bond donors (Lipinski definition) is 2. The van der Waals surface area contributed by atoms with E-state index in [0.29, 0.717) is 5.92 Å². The van der Waals surface area contributed by atoms with Crippen LogP contribution >= 0.6 is 15.9 Å². The van der Waals surface area contributed by atoms with Crippen molar-refractivity contribution in [3.05, 3.63) is 28.2 Å². The molecule has 0 aliphatic carbocycles. The highest BCUT2D eigenvalue weighted by Crippen LogP contribution is 2.22. The zero-order valence-electron chi connectivity index (χ0n) is 10.5. The molecule has 96 valence electrons. The van der Waals surface area contributed by atoms with Gasteiger partial charge in [0.25, 0.3) is 0 Å². The Labute approximate surface area is 112 Å². The third kappa shape index (κ3) is 5.06. The van der Waals surface area contributed by atoms with Crippen molar-refractivity contribution in [1.82, 2.24) is 5.32 Å². The highest BCUT2D eigenvalue weighted by molar-refractivity contribution is 9.10. The van der Waals surface area contributed by atoms with E-state index in [4.69, 9.17) is 10.5 Å². The fourth-order valence-corrected chi connectivity index (χ4v) is 2.13. The third-order valence-electron chi connectivity index (χ3n) is 2.71. The van der Waals surface area contributed by atoms with Crippen molar-refractivity contribution in [3.63, 3.8) is 0 Å². The predicted molar refractivity (Wildman–Crippen MR) is 75.2 cm³/mol. The number of methoxy groups -OCH3 is 1. The van der Waals surface area contributed by atoms with Crippen molar-refractivity contribution >= 4 is 15.9 Å². The summed E-state index contributed by atoms with van der Waals surface area (Å²) >= 11 is 3.47. The largest absolute Gasteiger partial charge is 0.496 e. The monoisotopic (exact) mass is 300 g/mol. The van der Waals surface area contributed by atoms with Crippen molar-refractivity contribution in [2.75, 3.05) is 20.2 Å². The first-order valence-corrected chi connectivity index (χ1v) is 6.70. The van der Waals surface area contributed by atoms with E-state index in [1.807, 2.05) is 12.1 Å². The first-order chi connectivity index (χ1) is 8.17. The van der Waals surface area contributed by atoms with Crippen LogP contribution in [0.1, 0.15) is 18.9 Å². The molecule has 1 aromatic carbocycles. The number of benzene rings is 1. The van der Waals surface area contributed by atoms with E-state index in [1.54, 1.807) is 7.11 Å². The molecule has 3 N–H and O–H groups in total. The summed E-state index contributed by atoms with van der Waals surface area (Å²) in [5, 5.41) is 3.43. The lowest BCUT2D eigenvalue weighted by atomic mass is 10.1. The van der Waals surface area contributed by atoms with E-state index >= 15 is 0 Å². The minimum atomic E-state index is 0.609. The van der Waals surface area contributed by atoms with Gasteiger partial charge in [0.1, 0.15) is 5.75 Å². The van der Waals surface area contributed by atoms with Crippen LogP contribution in [0, 0.1) is 5.92 Å². The smallest absolute Gasteiger partial charge is 0.123 e. The molecule has 0 bridgehead atoms. The number of halogens is 1. The Kier molecular flexibility index (Phi) is 6.55. The second-order valence-corrected chi connectivity index (χ2v) is 5.19. The summed E-state index contributed by atoms with van der Waals surface area (Å²) in [4.78, 5) is 0. The Morgan fingerprint density at radius 2 is 2.24 bits per heavy atom. The number of nitrogens with one attached hydrogen (secondary N) is 1. The van der Waals surface area contributed by atoms with Gasteiger partial charge < -0.3 is 15.8 Å². The number of nitrogens with two attached hydrogens (primary N) is 1. The number of hydrogen-bond acceptors (Lipinski definition) is 3. The standard InChI is InChI=1S/C13H21BrN2O/c1-10(5-6-15)8-16-9-11-7-12(14)3-4-13(11)17-2/h3-4,7,10,16H,5-6,8-9,15H2,1-2H3. The molecule has 0 saturated heterocycles. The first kappa shape index (κ1) is 14.5. The van der Waals surface area contributed by atoms with Crippen LogP contribution in [-0.2, 0) is 6.54 Å². The maximum absolute atomic E-state index is 5.52. The predicted octanol–water partition coefficient (Wildman–Crippen LogP) is 2.53. The van der Waals surface area contributed by atoms with Gasteiger partial charge in [0.15, 0.2) is 0 Å². The topological polar surface area (TPSA) is 47.3 Å². The highest BCUT2D eigenvalue weighted by Gasteiger charge is 2.05. The minimum absolute atomic E-state index is 0.609. The van der Waals surface area contributed by atoms with Crippen LogP contribution in [0.5, 0.6) is 5.75 Å². The quantitative estimate of drug-likeness (QED) is 0.813. The maximum Gasteiger partial charge on any atom is 0.123 e. The van der Waals surface area contributed by atoms with E-state index in [0.717, 1.165) is 36.3 Å². The normalized spacial score (nSPS) is 12.5. The zero-order chi connectivity index (χ0) is 12.7. The lowest BCUT2D eigenvalue weighted by Gasteiger charge is -2.13. The lowest BCUT2D eigenvalue weighted by molar-refractivity contribution is 0.405. The zero-order valence-corrected chi connectivity index (χ0v) is 12.1. The van der Waals surface area contributed by atoms with E-state index in [9.17, 15) is 0 Å². The summed E-state index contributed by atoms with van der Waals surface area (Å²) in [6, 6.07) is 6.04. The molecule has 0 fully saturated rings. The van der Waals surface area contributed by atoms with Gasteiger partial charge in [-0.05, 0) is 43.6 Å². The Balaban J connectivity index is 2.48. The van der Waals surface area contributed by atoms with E-state index in [-0.39, 0.29) is 0 Å². The van der Waals surface area contributed by atoms with Crippen molar-refractivity contribution < 1.29 is 4.74 Å². The third-order valence-corrected chi connectivity index (χ3v) is 3.20. The fourth-order valence-electron chi connectivity index (χ4n) is 1.73. The first-order valence-electron chi connectivity index (χ1n) is 5.90. The van der Waals surface area contributed by atoms with Gasteiger partial charge in [0.2, 0.25) is 0 Å². The summed E-state index contributed by atoms with van der Waals surface area (Å²) in [5.41, 5.74) is 6.69. The Morgan fingerprint density at radius 3 is 2.88 bits per heavy atom. The van der Waals surface area contributed by atoms with Gasteiger partial charge in [-0.3, -0.25) is 0 Å². The van der Waals surface area contributed by atoms with Gasteiger partial charge in [-0.15, -0.1) is 0 Å². The van der Waals surface area contributed by atoms with Crippen LogP contribution in [0.4, 0.5) is 0 Å². The lowest BCUT2D eigenvalue weighted by Crippen LogP contribution is -2.22. The van der Waals surface area contributed by atoms with Crippen LogP contribution in [0.25, 0.3) is 0 Å². The molecule has 0 saturated carbocycles. The van der Waals surface area contributed by atoms with Gasteiger partial charge in [0, 0.05) is 16.6 Å².